The smallest absolute Gasteiger partial charge is 0.188 e. The second kappa shape index (κ2) is 11.7. The van der Waals surface area contributed by atoms with Crippen LogP contribution in [-0.2, 0) is 11.2 Å². The summed E-state index contributed by atoms with van der Waals surface area (Å²) >= 11 is 1.77. The van der Waals surface area contributed by atoms with Crippen LogP contribution in [0.2, 0.25) is 0 Å². The summed E-state index contributed by atoms with van der Waals surface area (Å²) in [5.41, 5.74) is 7.33. The molecule has 0 spiro atoms. The number of ether oxygens (including phenoxy) is 1. The van der Waals surface area contributed by atoms with Crippen LogP contribution in [0.25, 0.3) is 0 Å². The number of halogens is 1. The Morgan fingerprint density at radius 1 is 1.21 bits per heavy atom. The SMILES string of the molecule is CC(NC1(CN=C(N)NCCc2cccs2)CCOCC1)c1ccccc1.I. The first kappa shape index (κ1) is 23.1. The van der Waals surface area contributed by atoms with Gasteiger partial charge in [0.15, 0.2) is 5.96 Å². The Labute approximate surface area is 189 Å². The van der Waals surface area contributed by atoms with E-state index < -0.39 is 0 Å². The van der Waals surface area contributed by atoms with Gasteiger partial charge >= 0.3 is 0 Å². The third kappa shape index (κ3) is 7.02. The number of nitrogens with zero attached hydrogens (tertiary/aromatic N) is 1. The van der Waals surface area contributed by atoms with E-state index in [4.69, 9.17) is 10.5 Å². The fourth-order valence-electron chi connectivity index (χ4n) is 3.46. The number of benzene rings is 1. The predicted octanol–water partition coefficient (Wildman–Crippen LogP) is 3.71. The molecule has 1 atom stereocenters. The zero-order valence-electron chi connectivity index (χ0n) is 16.4. The van der Waals surface area contributed by atoms with Crippen LogP contribution in [0.5, 0.6) is 0 Å². The van der Waals surface area contributed by atoms with Crippen molar-refractivity contribution in [2.75, 3.05) is 26.3 Å². The number of hydrogen-bond donors (Lipinski definition) is 3. The molecule has 1 fully saturated rings. The topological polar surface area (TPSA) is 71.7 Å². The molecular weight excluding hydrogens is 483 g/mol. The van der Waals surface area contributed by atoms with Gasteiger partial charge in [0.2, 0.25) is 0 Å². The van der Waals surface area contributed by atoms with E-state index in [0.29, 0.717) is 12.5 Å². The van der Waals surface area contributed by atoms with E-state index in [1.54, 1.807) is 11.3 Å². The van der Waals surface area contributed by atoms with Crippen LogP contribution >= 0.6 is 35.3 Å². The first-order valence-electron chi connectivity index (χ1n) is 9.63. The maximum Gasteiger partial charge on any atom is 0.188 e. The van der Waals surface area contributed by atoms with Crippen molar-refractivity contribution in [1.82, 2.24) is 10.6 Å². The lowest BCUT2D eigenvalue weighted by Gasteiger charge is -2.39. The molecule has 7 heteroatoms. The van der Waals surface area contributed by atoms with Crippen molar-refractivity contribution >= 4 is 41.3 Å². The molecule has 2 aromatic rings. The number of aliphatic imine (C=N–C) groups is 1. The van der Waals surface area contributed by atoms with Crippen molar-refractivity contribution in [2.24, 2.45) is 10.7 Å². The number of thiophene rings is 1. The van der Waals surface area contributed by atoms with Crippen molar-refractivity contribution < 1.29 is 4.74 Å². The summed E-state index contributed by atoms with van der Waals surface area (Å²) in [5, 5.41) is 9.15. The van der Waals surface area contributed by atoms with Gasteiger partial charge in [0, 0.05) is 36.2 Å². The number of nitrogens with two attached hydrogens (primary N) is 1. The van der Waals surface area contributed by atoms with Crippen LogP contribution in [0.3, 0.4) is 0 Å². The van der Waals surface area contributed by atoms with E-state index in [-0.39, 0.29) is 35.6 Å². The molecule has 0 bridgehead atoms. The number of guanidine groups is 1. The molecule has 0 radical (unpaired) electrons. The molecular formula is C21H31IN4OS. The number of rotatable bonds is 8. The minimum absolute atomic E-state index is 0. The summed E-state index contributed by atoms with van der Waals surface area (Å²) in [6.45, 7) is 5.19. The second-order valence-electron chi connectivity index (χ2n) is 7.13. The van der Waals surface area contributed by atoms with Gasteiger partial charge in [0.25, 0.3) is 0 Å². The van der Waals surface area contributed by atoms with Gasteiger partial charge in [-0.25, -0.2) is 0 Å². The Balaban J connectivity index is 0.00000280. The minimum atomic E-state index is -0.0758. The molecule has 4 N–H and O–H groups in total. The molecule has 1 aromatic heterocycles. The summed E-state index contributed by atoms with van der Waals surface area (Å²) in [6, 6.07) is 15.0. The summed E-state index contributed by atoms with van der Waals surface area (Å²) in [5.74, 6) is 0.520. The van der Waals surface area contributed by atoms with E-state index >= 15 is 0 Å². The molecule has 5 nitrogen and oxygen atoms in total. The Morgan fingerprint density at radius 3 is 2.64 bits per heavy atom. The zero-order chi connectivity index (χ0) is 19.0. The van der Waals surface area contributed by atoms with Gasteiger partial charge in [0.1, 0.15) is 0 Å². The maximum absolute atomic E-state index is 6.11. The second-order valence-corrected chi connectivity index (χ2v) is 8.16. The zero-order valence-corrected chi connectivity index (χ0v) is 19.5. The normalized spacial score (nSPS) is 17.5. The Hall–Kier alpha value is -1.16. The molecule has 28 heavy (non-hydrogen) atoms. The molecule has 1 saturated heterocycles. The highest BCUT2D eigenvalue weighted by molar-refractivity contribution is 14.0. The van der Waals surface area contributed by atoms with Crippen molar-refractivity contribution in [2.45, 2.75) is 37.8 Å². The van der Waals surface area contributed by atoms with Crippen molar-refractivity contribution in [3.8, 4) is 0 Å². The molecule has 0 amide bonds. The fourth-order valence-corrected chi connectivity index (χ4v) is 4.16. The number of nitrogens with one attached hydrogen (secondary N) is 2. The largest absolute Gasteiger partial charge is 0.381 e. The first-order valence-corrected chi connectivity index (χ1v) is 10.5. The molecule has 2 heterocycles. The van der Waals surface area contributed by atoms with Gasteiger partial charge in [-0.15, -0.1) is 35.3 Å². The Morgan fingerprint density at radius 2 is 1.96 bits per heavy atom. The van der Waals surface area contributed by atoms with E-state index in [0.717, 1.165) is 39.0 Å². The summed E-state index contributed by atoms with van der Waals surface area (Å²) in [4.78, 5) is 6.01. The average molecular weight is 514 g/mol. The summed E-state index contributed by atoms with van der Waals surface area (Å²) in [6.07, 6.45) is 2.85. The van der Waals surface area contributed by atoms with Crippen LogP contribution in [-0.4, -0.2) is 37.8 Å². The molecule has 1 aromatic carbocycles. The Bertz CT molecular complexity index is 702. The van der Waals surface area contributed by atoms with E-state index in [2.05, 4.69) is 64.3 Å². The van der Waals surface area contributed by atoms with Crippen LogP contribution in [0, 0.1) is 0 Å². The van der Waals surface area contributed by atoms with Gasteiger partial charge < -0.3 is 21.1 Å². The molecule has 154 valence electrons. The standard InChI is InChI=1S/C21H30N4OS.HI/c1-17(18-6-3-2-4-7-18)25-21(10-13-26-14-11-21)16-24-20(22)23-12-9-19-8-5-15-27-19;/h2-8,15,17,25H,9-14,16H2,1H3,(H3,22,23,24);1H. The summed E-state index contributed by atoms with van der Waals surface area (Å²) < 4.78 is 5.59. The molecule has 1 aliphatic heterocycles. The lowest BCUT2D eigenvalue weighted by Crippen LogP contribution is -2.53. The van der Waals surface area contributed by atoms with E-state index in [1.807, 2.05) is 6.07 Å². The average Bonchev–Trinajstić information content (AvgIpc) is 3.21. The molecule has 1 aliphatic rings. The van der Waals surface area contributed by atoms with Crippen molar-refractivity contribution in [1.29, 1.82) is 0 Å². The van der Waals surface area contributed by atoms with Crippen LogP contribution in [0.4, 0.5) is 0 Å². The number of hydrogen-bond acceptors (Lipinski definition) is 4. The minimum Gasteiger partial charge on any atom is -0.381 e. The third-order valence-electron chi connectivity index (χ3n) is 5.08. The highest BCUT2D eigenvalue weighted by Gasteiger charge is 2.33. The molecule has 1 unspecified atom stereocenters. The van der Waals surface area contributed by atoms with Gasteiger partial charge in [0.05, 0.1) is 6.54 Å². The van der Waals surface area contributed by atoms with E-state index in [9.17, 15) is 0 Å². The van der Waals surface area contributed by atoms with Crippen LogP contribution < -0.4 is 16.4 Å². The summed E-state index contributed by atoms with van der Waals surface area (Å²) in [7, 11) is 0. The van der Waals surface area contributed by atoms with Gasteiger partial charge in [-0.2, -0.15) is 0 Å². The predicted molar refractivity (Wildman–Crippen MR) is 129 cm³/mol. The van der Waals surface area contributed by atoms with Gasteiger partial charge in [-0.3, -0.25) is 4.99 Å². The first-order chi connectivity index (χ1) is 13.2. The van der Waals surface area contributed by atoms with Gasteiger partial charge in [-0.05, 0) is 43.2 Å². The highest BCUT2D eigenvalue weighted by atomic mass is 127. The molecule has 0 saturated carbocycles. The molecule has 3 rings (SSSR count). The third-order valence-corrected chi connectivity index (χ3v) is 6.02. The van der Waals surface area contributed by atoms with Crippen LogP contribution in [0.15, 0.2) is 52.8 Å². The van der Waals surface area contributed by atoms with Crippen molar-refractivity contribution in [3.63, 3.8) is 0 Å². The van der Waals surface area contributed by atoms with Crippen molar-refractivity contribution in [3.05, 3.63) is 58.3 Å². The van der Waals surface area contributed by atoms with E-state index in [1.165, 1.54) is 10.4 Å². The fraction of sp³-hybridized carbons (Fsp3) is 0.476. The van der Waals surface area contributed by atoms with Gasteiger partial charge in [-0.1, -0.05) is 36.4 Å². The maximum atomic E-state index is 6.11. The van der Waals surface area contributed by atoms with Crippen LogP contribution in [0.1, 0.15) is 36.2 Å². The monoisotopic (exact) mass is 514 g/mol. The quantitative estimate of drug-likeness (QED) is 0.286. The highest BCUT2D eigenvalue weighted by Crippen LogP contribution is 2.25. The lowest BCUT2D eigenvalue weighted by atomic mass is 9.88. The molecule has 0 aliphatic carbocycles. The Kier molecular flexibility index (Phi) is 9.70. The lowest BCUT2D eigenvalue weighted by molar-refractivity contribution is 0.0374.